The number of benzene rings is 2. The highest BCUT2D eigenvalue weighted by Crippen LogP contribution is 2.38. The van der Waals surface area contributed by atoms with Gasteiger partial charge in [0.15, 0.2) is 0 Å². The zero-order valence-electron chi connectivity index (χ0n) is 11.0. The van der Waals surface area contributed by atoms with Crippen LogP contribution in [0.2, 0.25) is 5.02 Å². The second-order valence-electron chi connectivity index (χ2n) is 4.98. The van der Waals surface area contributed by atoms with Gasteiger partial charge in [-0.3, -0.25) is 0 Å². The molecule has 2 aromatic rings. The summed E-state index contributed by atoms with van der Waals surface area (Å²) in [7, 11) is 0. The van der Waals surface area contributed by atoms with Crippen LogP contribution in [0.4, 0.5) is 0 Å². The first-order chi connectivity index (χ1) is 9.58. The molecule has 1 aliphatic heterocycles. The molecular formula is C16H14ClNO2. The second kappa shape index (κ2) is 4.93. The van der Waals surface area contributed by atoms with Gasteiger partial charge in [0, 0.05) is 17.5 Å². The minimum absolute atomic E-state index is 0.345. The van der Waals surface area contributed by atoms with Gasteiger partial charge in [-0.25, -0.2) is 0 Å². The lowest BCUT2D eigenvalue weighted by Crippen LogP contribution is -2.34. The molecule has 20 heavy (non-hydrogen) atoms. The summed E-state index contributed by atoms with van der Waals surface area (Å²) < 4.78 is 0. The molecule has 3 rings (SSSR count). The van der Waals surface area contributed by atoms with Crippen LogP contribution in [0, 0.1) is 0 Å². The van der Waals surface area contributed by atoms with Gasteiger partial charge in [0.1, 0.15) is 5.71 Å². The third kappa shape index (κ3) is 2.30. The van der Waals surface area contributed by atoms with Gasteiger partial charge in [-0.2, -0.15) is 0 Å². The number of hydrogen-bond acceptors (Lipinski definition) is 3. The summed E-state index contributed by atoms with van der Waals surface area (Å²) in [6.45, 7) is 1.62. The van der Waals surface area contributed by atoms with Crippen LogP contribution >= 0.6 is 11.6 Å². The lowest BCUT2D eigenvalue weighted by molar-refractivity contribution is -0.179. The Morgan fingerprint density at radius 3 is 2.60 bits per heavy atom. The van der Waals surface area contributed by atoms with Crippen molar-refractivity contribution in [1.29, 1.82) is 0 Å². The van der Waals surface area contributed by atoms with Crippen molar-refractivity contribution in [1.82, 2.24) is 0 Å². The SMILES string of the molecule is CC1(O)ON=C(c2cccc(Cl)c2)C1c1ccccc1. The van der Waals surface area contributed by atoms with E-state index in [4.69, 9.17) is 16.4 Å². The predicted molar refractivity (Wildman–Crippen MR) is 78.9 cm³/mol. The van der Waals surface area contributed by atoms with Gasteiger partial charge in [0.05, 0.1) is 5.92 Å². The molecule has 0 fully saturated rings. The van der Waals surface area contributed by atoms with Crippen LogP contribution < -0.4 is 0 Å². The molecule has 2 aromatic carbocycles. The van der Waals surface area contributed by atoms with Crippen molar-refractivity contribution >= 4 is 17.3 Å². The fraction of sp³-hybridized carbons (Fsp3) is 0.188. The first kappa shape index (κ1) is 13.2. The quantitative estimate of drug-likeness (QED) is 0.917. The number of rotatable bonds is 2. The molecule has 2 atom stereocenters. The molecule has 2 unspecified atom stereocenters. The van der Waals surface area contributed by atoms with E-state index in [1.807, 2.05) is 48.5 Å². The van der Waals surface area contributed by atoms with Crippen molar-refractivity contribution in [2.45, 2.75) is 18.6 Å². The van der Waals surface area contributed by atoms with Gasteiger partial charge in [-0.05, 0) is 17.7 Å². The Hall–Kier alpha value is -1.84. The molecule has 0 saturated heterocycles. The molecule has 1 N–H and O–H groups in total. The van der Waals surface area contributed by atoms with Crippen LogP contribution in [-0.4, -0.2) is 16.6 Å². The Morgan fingerprint density at radius 2 is 1.90 bits per heavy atom. The van der Waals surface area contributed by atoms with Crippen LogP contribution in [-0.2, 0) is 4.84 Å². The maximum absolute atomic E-state index is 10.4. The van der Waals surface area contributed by atoms with Gasteiger partial charge in [0.2, 0.25) is 5.79 Å². The summed E-state index contributed by atoms with van der Waals surface area (Å²) in [6.07, 6.45) is 0. The lowest BCUT2D eigenvalue weighted by atomic mass is 9.85. The third-order valence-electron chi connectivity index (χ3n) is 3.39. The van der Waals surface area contributed by atoms with Gasteiger partial charge in [-0.15, -0.1) is 0 Å². The van der Waals surface area contributed by atoms with E-state index in [0.717, 1.165) is 11.1 Å². The van der Waals surface area contributed by atoms with E-state index in [1.54, 1.807) is 13.0 Å². The molecule has 0 saturated carbocycles. The second-order valence-corrected chi connectivity index (χ2v) is 5.41. The summed E-state index contributed by atoms with van der Waals surface area (Å²) in [5, 5.41) is 15.1. The van der Waals surface area contributed by atoms with E-state index < -0.39 is 5.79 Å². The Balaban J connectivity index is 2.07. The average Bonchev–Trinajstić information content (AvgIpc) is 2.75. The first-order valence-electron chi connectivity index (χ1n) is 6.37. The molecule has 1 heterocycles. The van der Waals surface area contributed by atoms with E-state index >= 15 is 0 Å². The Kier molecular flexibility index (Phi) is 3.24. The maximum atomic E-state index is 10.4. The minimum atomic E-state index is -1.36. The highest BCUT2D eigenvalue weighted by atomic mass is 35.5. The largest absolute Gasteiger partial charge is 0.359 e. The fourth-order valence-corrected chi connectivity index (χ4v) is 2.67. The number of oxime groups is 1. The van der Waals surface area contributed by atoms with Crippen molar-refractivity contribution in [2.75, 3.05) is 0 Å². The molecule has 0 amide bonds. The summed E-state index contributed by atoms with van der Waals surface area (Å²) in [5.41, 5.74) is 2.49. The predicted octanol–water partition coefficient (Wildman–Crippen LogP) is 3.57. The number of halogens is 1. The molecule has 0 radical (unpaired) electrons. The smallest absolute Gasteiger partial charge is 0.244 e. The first-order valence-corrected chi connectivity index (χ1v) is 6.75. The highest BCUT2D eigenvalue weighted by molar-refractivity contribution is 6.31. The molecular weight excluding hydrogens is 274 g/mol. The van der Waals surface area contributed by atoms with Gasteiger partial charge in [0.25, 0.3) is 0 Å². The summed E-state index contributed by atoms with van der Waals surface area (Å²) >= 11 is 6.03. The summed E-state index contributed by atoms with van der Waals surface area (Å²) in [4.78, 5) is 5.21. The molecule has 102 valence electrons. The number of nitrogens with zero attached hydrogens (tertiary/aromatic N) is 1. The standard InChI is InChI=1S/C16H14ClNO2/c1-16(19)14(11-6-3-2-4-7-11)15(18-20-16)12-8-5-9-13(17)10-12/h2-10,14,19H,1H3. The molecule has 3 nitrogen and oxygen atoms in total. The monoisotopic (exact) mass is 287 g/mol. The topological polar surface area (TPSA) is 41.8 Å². The van der Waals surface area contributed by atoms with E-state index in [-0.39, 0.29) is 5.92 Å². The summed E-state index contributed by atoms with van der Waals surface area (Å²) in [5.74, 6) is -1.71. The number of hydrogen-bond donors (Lipinski definition) is 1. The average molecular weight is 288 g/mol. The third-order valence-corrected chi connectivity index (χ3v) is 3.63. The van der Waals surface area contributed by atoms with Crippen LogP contribution in [0.5, 0.6) is 0 Å². The van der Waals surface area contributed by atoms with Crippen LogP contribution in [0.15, 0.2) is 59.8 Å². The lowest BCUT2D eigenvalue weighted by Gasteiger charge is -2.24. The molecule has 4 heteroatoms. The fourth-order valence-electron chi connectivity index (χ4n) is 2.48. The Bertz CT molecular complexity index is 653. The maximum Gasteiger partial charge on any atom is 0.244 e. The van der Waals surface area contributed by atoms with Crippen molar-refractivity contribution in [3.63, 3.8) is 0 Å². The van der Waals surface area contributed by atoms with Crippen molar-refractivity contribution in [3.05, 3.63) is 70.7 Å². The van der Waals surface area contributed by atoms with Gasteiger partial charge in [-0.1, -0.05) is 59.2 Å². The van der Waals surface area contributed by atoms with E-state index in [0.29, 0.717) is 10.7 Å². The van der Waals surface area contributed by atoms with Crippen LogP contribution in [0.1, 0.15) is 24.0 Å². The van der Waals surface area contributed by atoms with Crippen molar-refractivity contribution in [2.24, 2.45) is 5.16 Å². The van der Waals surface area contributed by atoms with E-state index in [2.05, 4.69) is 5.16 Å². The van der Waals surface area contributed by atoms with E-state index in [1.165, 1.54) is 0 Å². The van der Waals surface area contributed by atoms with Crippen LogP contribution in [0.25, 0.3) is 0 Å². The molecule has 0 aromatic heterocycles. The molecule has 0 spiro atoms. The highest BCUT2D eigenvalue weighted by Gasteiger charge is 2.45. The van der Waals surface area contributed by atoms with Gasteiger partial charge < -0.3 is 9.94 Å². The zero-order valence-corrected chi connectivity index (χ0v) is 11.7. The van der Waals surface area contributed by atoms with Gasteiger partial charge >= 0.3 is 0 Å². The summed E-state index contributed by atoms with van der Waals surface area (Å²) in [6, 6.07) is 17.1. The van der Waals surface area contributed by atoms with Crippen molar-refractivity contribution in [3.8, 4) is 0 Å². The van der Waals surface area contributed by atoms with E-state index in [9.17, 15) is 5.11 Å². The molecule has 0 bridgehead atoms. The number of aliphatic hydroxyl groups is 1. The van der Waals surface area contributed by atoms with Crippen LogP contribution in [0.3, 0.4) is 0 Å². The Labute approximate surface area is 122 Å². The normalized spacial score (nSPS) is 25.1. The minimum Gasteiger partial charge on any atom is -0.359 e. The Morgan fingerprint density at radius 1 is 1.15 bits per heavy atom. The zero-order chi connectivity index (χ0) is 14.2. The molecule has 0 aliphatic carbocycles. The van der Waals surface area contributed by atoms with Crippen molar-refractivity contribution < 1.29 is 9.94 Å². The molecule has 1 aliphatic rings.